The Kier molecular flexibility index (Phi) is 4.02. The van der Waals surface area contributed by atoms with Crippen molar-refractivity contribution in [1.29, 1.82) is 0 Å². The average Bonchev–Trinajstić information content (AvgIpc) is 3.38. The number of hydrogen-bond donors (Lipinski definition) is 2. The van der Waals surface area contributed by atoms with Crippen molar-refractivity contribution in [3.05, 3.63) is 85.2 Å². The van der Waals surface area contributed by atoms with Crippen LogP contribution in [0.3, 0.4) is 0 Å². The Morgan fingerprint density at radius 2 is 1.82 bits per heavy atom. The van der Waals surface area contributed by atoms with Gasteiger partial charge in [-0.25, -0.2) is 9.67 Å². The molecule has 136 valence electrons. The van der Waals surface area contributed by atoms with E-state index in [2.05, 4.69) is 48.8 Å². The number of aromatic amines is 1. The van der Waals surface area contributed by atoms with Gasteiger partial charge < -0.3 is 5.32 Å². The van der Waals surface area contributed by atoms with Gasteiger partial charge in [-0.15, -0.1) is 0 Å². The van der Waals surface area contributed by atoms with Crippen LogP contribution in [-0.4, -0.2) is 29.9 Å². The standard InChI is InChI=1S/C21H17N7/c1-2-15(12-28-14-23-13-24-28)10-17(3-1)25-18-4-5-20-19(11-18)21(27-26-20)16-6-8-22-9-7-16/h1-11,13-14,25H,12H2,(H,26,27). The molecule has 5 rings (SSSR count). The van der Waals surface area contributed by atoms with Crippen LogP contribution in [0, 0.1) is 0 Å². The molecule has 0 aliphatic carbocycles. The number of pyridine rings is 1. The summed E-state index contributed by atoms with van der Waals surface area (Å²) in [6.45, 7) is 0.683. The first-order valence-electron chi connectivity index (χ1n) is 8.92. The van der Waals surface area contributed by atoms with Crippen LogP contribution >= 0.6 is 0 Å². The minimum Gasteiger partial charge on any atom is -0.355 e. The molecule has 0 saturated heterocycles. The largest absolute Gasteiger partial charge is 0.355 e. The van der Waals surface area contributed by atoms with Crippen molar-refractivity contribution in [3.8, 4) is 11.3 Å². The van der Waals surface area contributed by atoms with Crippen molar-refractivity contribution in [2.24, 2.45) is 0 Å². The molecule has 0 amide bonds. The fourth-order valence-electron chi connectivity index (χ4n) is 3.24. The number of fused-ring (bicyclic) bond motifs is 1. The fraction of sp³-hybridized carbons (Fsp3) is 0.0476. The first kappa shape index (κ1) is 16.2. The molecule has 7 nitrogen and oxygen atoms in total. The lowest BCUT2D eigenvalue weighted by Gasteiger charge is -2.09. The second kappa shape index (κ2) is 6.96. The third-order valence-electron chi connectivity index (χ3n) is 4.54. The van der Waals surface area contributed by atoms with Gasteiger partial charge >= 0.3 is 0 Å². The van der Waals surface area contributed by atoms with E-state index in [4.69, 9.17) is 0 Å². The lowest BCUT2D eigenvalue weighted by molar-refractivity contribution is 0.685. The number of aromatic nitrogens is 6. The van der Waals surface area contributed by atoms with Crippen LogP contribution in [0.15, 0.2) is 79.6 Å². The highest BCUT2D eigenvalue weighted by Crippen LogP contribution is 2.29. The smallest absolute Gasteiger partial charge is 0.137 e. The molecule has 0 saturated carbocycles. The quantitative estimate of drug-likeness (QED) is 0.490. The molecule has 0 atom stereocenters. The molecule has 0 radical (unpaired) electrons. The number of nitrogens with one attached hydrogen (secondary N) is 2. The Morgan fingerprint density at radius 3 is 2.68 bits per heavy atom. The highest BCUT2D eigenvalue weighted by molar-refractivity contribution is 5.95. The van der Waals surface area contributed by atoms with Gasteiger partial charge in [0.2, 0.25) is 0 Å². The summed E-state index contributed by atoms with van der Waals surface area (Å²) in [4.78, 5) is 8.07. The van der Waals surface area contributed by atoms with E-state index in [1.807, 2.05) is 36.4 Å². The summed E-state index contributed by atoms with van der Waals surface area (Å²) < 4.78 is 1.80. The highest BCUT2D eigenvalue weighted by Gasteiger charge is 2.09. The molecular formula is C21H17N7. The molecule has 5 aromatic rings. The topological polar surface area (TPSA) is 84.3 Å². The first-order chi connectivity index (χ1) is 13.8. The summed E-state index contributed by atoms with van der Waals surface area (Å²) in [5, 5.41) is 16.3. The maximum atomic E-state index is 4.47. The van der Waals surface area contributed by atoms with Crippen LogP contribution < -0.4 is 5.32 Å². The van der Waals surface area contributed by atoms with Crippen LogP contribution in [0.1, 0.15) is 5.56 Å². The van der Waals surface area contributed by atoms with Crippen molar-refractivity contribution < 1.29 is 0 Å². The van der Waals surface area contributed by atoms with Gasteiger partial charge in [0.1, 0.15) is 18.3 Å². The van der Waals surface area contributed by atoms with E-state index in [1.165, 1.54) is 0 Å². The molecule has 3 heterocycles. The molecule has 2 aromatic carbocycles. The zero-order valence-electron chi connectivity index (χ0n) is 14.9. The minimum absolute atomic E-state index is 0.683. The number of benzene rings is 2. The fourth-order valence-corrected chi connectivity index (χ4v) is 3.24. The second-order valence-electron chi connectivity index (χ2n) is 6.49. The third-order valence-corrected chi connectivity index (χ3v) is 4.54. The van der Waals surface area contributed by atoms with Crippen LogP contribution in [0.2, 0.25) is 0 Å². The Bertz CT molecular complexity index is 1210. The van der Waals surface area contributed by atoms with Gasteiger partial charge in [-0.05, 0) is 48.0 Å². The maximum absolute atomic E-state index is 4.47. The lowest BCUT2D eigenvalue weighted by Crippen LogP contribution is -2.00. The summed E-state index contributed by atoms with van der Waals surface area (Å²) >= 11 is 0. The Hall–Kier alpha value is -4.00. The van der Waals surface area contributed by atoms with Crippen LogP contribution in [0.25, 0.3) is 22.2 Å². The number of rotatable bonds is 5. The second-order valence-corrected chi connectivity index (χ2v) is 6.49. The zero-order valence-corrected chi connectivity index (χ0v) is 14.9. The van der Waals surface area contributed by atoms with Crippen molar-refractivity contribution in [2.75, 3.05) is 5.32 Å². The van der Waals surface area contributed by atoms with Crippen molar-refractivity contribution in [2.45, 2.75) is 6.54 Å². The Balaban J connectivity index is 1.44. The normalized spacial score (nSPS) is 11.0. The van der Waals surface area contributed by atoms with Gasteiger partial charge in [-0.3, -0.25) is 10.1 Å². The molecule has 0 unspecified atom stereocenters. The summed E-state index contributed by atoms with van der Waals surface area (Å²) in [5.74, 6) is 0. The molecule has 0 fully saturated rings. The van der Waals surface area contributed by atoms with Crippen molar-refractivity contribution in [3.63, 3.8) is 0 Å². The van der Waals surface area contributed by atoms with E-state index in [1.54, 1.807) is 29.7 Å². The van der Waals surface area contributed by atoms with E-state index in [0.717, 1.165) is 39.1 Å². The van der Waals surface area contributed by atoms with E-state index >= 15 is 0 Å². The molecule has 3 aromatic heterocycles. The summed E-state index contributed by atoms with van der Waals surface area (Å²) in [6.07, 6.45) is 6.81. The summed E-state index contributed by atoms with van der Waals surface area (Å²) in [6, 6.07) is 18.4. The van der Waals surface area contributed by atoms with Gasteiger partial charge in [-0.1, -0.05) is 12.1 Å². The zero-order chi connectivity index (χ0) is 18.8. The average molecular weight is 367 g/mol. The van der Waals surface area contributed by atoms with Crippen LogP contribution in [-0.2, 0) is 6.54 Å². The molecule has 0 aliphatic heterocycles. The SMILES string of the molecule is c1cc(Cn2cncn2)cc(Nc2ccc3[nH]nc(-c4ccncc4)c3c2)c1. The molecule has 0 bridgehead atoms. The van der Waals surface area contributed by atoms with Crippen molar-refractivity contribution in [1.82, 2.24) is 29.9 Å². The highest BCUT2D eigenvalue weighted by atomic mass is 15.3. The van der Waals surface area contributed by atoms with E-state index in [9.17, 15) is 0 Å². The monoisotopic (exact) mass is 367 g/mol. The predicted molar refractivity (Wildman–Crippen MR) is 108 cm³/mol. The van der Waals surface area contributed by atoms with Gasteiger partial charge in [0, 0.05) is 34.7 Å². The van der Waals surface area contributed by atoms with E-state index in [0.29, 0.717) is 6.54 Å². The Labute approximate surface area is 161 Å². The summed E-state index contributed by atoms with van der Waals surface area (Å²) in [7, 11) is 0. The number of hydrogen-bond acceptors (Lipinski definition) is 5. The van der Waals surface area contributed by atoms with E-state index < -0.39 is 0 Å². The molecule has 28 heavy (non-hydrogen) atoms. The Morgan fingerprint density at radius 1 is 0.929 bits per heavy atom. The molecule has 0 aliphatic rings. The molecule has 2 N–H and O–H groups in total. The number of H-pyrrole nitrogens is 1. The predicted octanol–water partition coefficient (Wildman–Crippen LogP) is 4.01. The third kappa shape index (κ3) is 3.21. The van der Waals surface area contributed by atoms with E-state index in [-0.39, 0.29) is 0 Å². The van der Waals surface area contributed by atoms with Gasteiger partial charge in [-0.2, -0.15) is 10.2 Å². The lowest BCUT2D eigenvalue weighted by atomic mass is 10.1. The molecule has 0 spiro atoms. The molecule has 7 heteroatoms. The van der Waals surface area contributed by atoms with Crippen LogP contribution in [0.4, 0.5) is 11.4 Å². The van der Waals surface area contributed by atoms with Gasteiger partial charge in [0.05, 0.1) is 12.1 Å². The maximum Gasteiger partial charge on any atom is 0.137 e. The van der Waals surface area contributed by atoms with Gasteiger partial charge in [0.15, 0.2) is 0 Å². The van der Waals surface area contributed by atoms with Gasteiger partial charge in [0.25, 0.3) is 0 Å². The van der Waals surface area contributed by atoms with Crippen LogP contribution in [0.5, 0.6) is 0 Å². The number of nitrogens with zero attached hydrogens (tertiary/aromatic N) is 5. The summed E-state index contributed by atoms with van der Waals surface area (Å²) in [5.41, 5.74) is 6.12. The minimum atomic E-state index is 0.683. The molecular weight excluding hydrogens is 350 g/mol. The first-order valence-corrected chi connectivity index (χ1v) is 8.92. The number of anilines is 2. The van der Waals surface area contributed by atoms with Crippen molar-refractivity contribution >= 4 is 22.3 Å².